The molecule has 2 atom stereocenters. The maximum Gasteiger partial charge on any atom is 0.0623 e. The number of nitrogens with zero attached hydrogens (tertiary/aromatic N) is 2. The Balaban J connectivity index is 1.29. The molecule has 0 aliphatic carbocycles. The van der Waals surface area contributed by atoms with E-state index >= 15 is 0 Å². The van der Waals surface area contributed by atoms with Crippen LogP contribution in [0.2, 0.25) is 5.02 Å². The van der Waals surface area contributed by atoms with Gasteiger partial charge in [-0.2, -0.15) is 0 Å². The molecular weight excluding hydrogens is 346 g/mol. The highest BCUT2D eigenvalue weighted by Crippen LogP contribution is 2.24. The molecule has 2 aromatic rings. The lowest BCUT2D eigenvalue weighted by Crippen LogP contribution is -2.48. The second-order valence-corrected chi connectivity index (χ2v) is 7.80. The van der Waals surface area contributed by atoms with Crippen LogP contribution < -0.4 is 10.2 Å². The van der Waals surface area contributed by atoms with E-state index in [0.717, 1.165) is 37.7 Å². The molecule has 1 aromatic carbocycles. The van der Waals surface area contributed by atoms with Crippen LogP contribution in [0.25, 0.3) is 0 Å². The minimum Gasteiger partial charge on any atom is -0.379 e. The fourth-order valence-electron chi connectivity index (χ4n) is 4.06. The lowest BCUT2D eigenvalue weighted by atomic mass is 9.93. The van der Waals surface area contributed by atoms with Gasteiger partial charge in [0.05, 0.1) is 13.2 Å². The molecule has 1 aromatic heterocycles. The molecule has 26 heavy (non-hydrogen) atoms. The summed E-state index contributed by atoms with van der Waals surface area (Å²) in [6, 6.07) is 13.4. The van der Waals surface area contributed by atoms with E-state index in [9.17, 15) is 0 Å². The predicted octanol–water partition coefficient (Wildman–Crippen LogP) is 3.55. The lowest BCUT2D eigenvalue weighted by Gasteiger charge is -2.36. The van der Waals surface area contributed by atoms with E-state index < -0.39 is 0 Å². The zero-order valence-corrected chi connectivity index (χ0v) is 15.7. The van der Waals surface area contributed by atoms with Gasteiger partial charge in [-0.25, -0.2) is 0 Å². The minimum atomic E-state index is 0.454. The molecule has 0 spiro atoms. The number of pyridine rings is 1. The number of benzene rings is 1. The van der Waals surface area contributed by atoms with Gasteiger partial charge in [0.1, 0.15) is 0 Å². The van der Waals surface area contributed by atoms with E-state index in [0.29, 0.717) is 18.0 Å². The molecule has 0 radical (unpaired) electrons. The number of ether oxygens (including phenoxy) is 1. The standard InChI is InChI=1S/C21H26ClN3O/c22-18-1-3-20(4-2-18)25-11-7-19(8-12-25)24-21-15-26-14-17(21)13-16-5-9-23-10-6-16/h1-6,9-10,17,19,21,24H,7-8,11-15H2/t17-,21-/m1/s1. The summed E-state index contributed by atoms with van der Waals surface area (Å²) in [5, 5.41) is 4.68. The molecule has 1 N–H and O–H groups in total. The van der Waals surface area contributed by atoms with Gasteiger partial charge in [-0.1, -0.05) is 11.6 Å². The second-order valence-electron chi connectivity index (χ2n) is 7.37. The summed E-state index contributed by atoms with van der Waals surface area (Å²) in [6.07, 6.45) is 7.14. The molecule has 2 aliphatic heterocycles. The van der Waals surface area contributed by atoms with Crippen LogP contribution in [0.4, 0.5) is 5.69 Å². The highest BCUT2D eigenvalue weighted by molar-refractivity contribution is 6.30. The van der Waals surface area contributed by atoms with Crippen molar-refractivity contribution in [3.05, 3.63) is 59.4 Å². The van der Waals surface area contributed by atoms with Gasteiger partial charge in [0.25, 0.3) is 0 Å². The first-order chi connectivity index (χ1) is 12.8. The summed E-state index contributed by atoms with van der Waals surface area (Å²) in [5.74, 6) is 0.548. The van der Waals surface area contributed by atoms with Crippen LogP contribution in [0.1, 0.15) is 18.4 Å². The van der Waals surface area contributed by atoms with Gasteiger partial charge in [-0.05, 0) is 61.2 Å². The zero-order valence-electron chi connectivity index (χ0n) is 15.0. The SMILES string of the molecule is Clc1ccc(N2CCC(N[C@@H]3COC[C@H]3Cc3ccncc3)CC2)cc1. The minimum absolute atomic E-state index is 0.454. The van der Waals surface area contributed by atoms with E-state index in [1.165, 1.54) is 24.1 Å². The molecule has 4 nitrogen and oxygen atoms in total. The molecule has 0 saturated carbocycles. The van der Waals surface area contributed by atoms with Crippen LogP contribution in [-0.2, 0) is 11.2 Å². The van der Waals surface area contributed by atoms with E-state index in [2.05, 4.69) is 39.5 Å². The number of hydrogen-bond donors (Lipinski definition) is 1. The number of nitrogens with one attached hydrogen (secondary N) is 1. The number of piperidine rings is 1. The average molecular weight is 372 g/mol. The van der Waals surface area contributed by atoms with Gasteiger partial charge in [0.15, 0.2) is 0 Å². The Kier molecular flexibility index (Phi) is 5.73. The third-order valence-electron chi connectivity index (χ3n) is 5.58. The van der Waals surface area contributed by atoms with Gasteiger partial charge in [-0.15, -0.1) is 0 Å². The summed E-state index contributed by atoms with van der Waals surface area (Å²) in [4.78, 5) is 6.56. The normalized spacial score (nSPS) is 24.1. The fourth-order valence-corrected chi connectivity index (χ4v) is 4.19. The van der Waals surface area contributed by atoms with Gasteiger partial charge >= 0.3 is 0 Å². The largest absolute Gasteiger partial charge is 0.379 e. The first-order valence-electron chi connectivity index (χ1n) is 9.51. The van der Waals surface area contributed by atoms with E-state index in [4.69, 9.17) is 16.3 Å². The van der Waals surface area contributed by atoms with E-state index in [1.54, 1.807) is 0 Å². The molecule has 2 fully saturated rings. The molecule has 5 heteroatoms. The van der Waals surface area contributed by atoms with Crippen molar-refractivity contribution >= 4 is 17.3 Å². The third-order valence-corrected chi connectivity index (χ3v) is 5.83. The van der Waals surface area contributed by atoms with Crippen molar-refractivity contribution < 1.29 is 4.74 Å². The molecule has 0 bridgehead atoms. The van der Waals surface area contributed by atoms with Crippen LogP contribution in [0.5, 0.6) is 0 Å². The number of aromatic nitrogens is 1. The smallest absolute Gasteiger partial charge is 0.0623 e. The number of rotatable bonds is 5. The van der Waals surface area contributed by atoms with Crippen molar-refractivity contribution in [2.45, 2.75) is 31.3 Å². The average Bonchev–Trinajstić information content (AvgIpc) is 3.11. The van der Waals surface area contributed by atoms with Crippen LogP contribution in [-0.4, -0.2) is 43.4 Å². The van der Waals surface area contributed by atoms with Gasteiger partial charge in [-0.3, -0.25) is 4.98 Å². The van der Waals surface area contributed by atoms with Gasteiger partial charge in [0.2, 0.25) is 0 Å². The number of hydrogen-bond acceptors (Lipinski definition) is 4. The first-order valence-corrected chi connectivity index (χ1v) is 9.89. The van der Waals surface area contributed by atoms with Crippen molar-refractivity contribution in [2.75, 3.05) is 31.2 Å². The maximum absolute atomic E-state index is 6.00. The Morgan fingerprint density at radius 3 is 2.50 bits per heavy atom. The lowest BCUT2D eigenvalue weighted by molar-refractivity contribution is 0.181. The molecular formula is C21H26ClN3O. The van der Waals surface area contributed by atoms with Crippen LogP contribution >= 0.6 is 11.6 Å². The summed E-state index contributed by atoms with van der Waals surface area (Å²) >= 11 is 6.00. The van der Waals surface area contributed by atoms with Crippen molar-refractivity contribution in [3.8, 4) is 0 Å². The van der Waals surface area contributed by atoms with E-state index in [1.807, 2.05) is 24.5 Å². The molecule has 0 amide bonds. The van der Waals surface area contributed by atoms with Crippen LogP contribution in [0.3, 0.4) is 0 Å². The highest BCUT2D eigenvalue weighted by atomic mass is 35.5. The quantitative estimate of drug-likeness (QED) is 0.872. The second kappa shape index (κ2) is 8.38. The molecule has 138 valence electrons. The molecule has 2 saturated heterocycles. The Bertz CT molecular complexity index is 686. The number of halogens is 1. The van der Waals surface area contributed by atoms with Gasteiger partial charge < -0.3 is 15.0 Å². The molecule has 2 aliphatic rings. The Labute approximate surface area is 160 Å². The Hall–Kier alpha value is -1.62. The monoisotopic (exact) mass is 371 g/mol. The Morgan fingerprint density at radius 1 is 1.04 bits per heavy atom. The van der Waals surface area contributed by atoms with Gasteiger partial charge in [0, 0.05) is 54.2 Å². The molecule has 0 unspecified atom stereocenters. The summed E-state index contributed by atoms with van der Waals surface area (Å²) in [7, 11) is 0. The van der Waals surface area contributed by atoms with Crippen LogP contribution in [0, 0.1) is 5.92 Å². The maximum atomic E-state index is 6.00. The third kappa shape index (κ3) is 4.37. The van der Waals surface area contributed by atoms with E-state index in [-0.39, 0.29) is 0 Å². The van der Waals surface area contributed by atoms with Crippen molar-refractivity contribution in [1.29, 1.82) is 0 Å². The van der Waals surface area contributed by atoms with Crippen molar-refractivity contribution in [3.63, 3.8) is 0 Å². The van der Waals surface area contributed by atoms with Crippen LogP contribution in [0.15, 0.2) is 48.8 Å². The summed E-state index contributed by atoms with van der Waals surface area (Å²) in [5.41, 5.74) is 2.62. The van der Waals surface area contributed by atoms with Crippen molar-refractivity contribution in [2.24, 2.45) is 5.92 Å². The Morgan fingerprint density at radius 2 is 1.77 bits per heavy atom. The summed E-state index contributed by atoms with van der Waals surface area (Å²) in [6.45, 7) is 3.85. The predicted molar refractivity (Wildman–Crippen MR) is 106 cm³/mol. The highest BCUT2D eigenvalue weighted by Gasteiger charge is 2.31. The number of anilines is 1. The molecule has 4 rings (SSSR count). The topological polar surface area (TPSA) is 37.4 Å². The first kappa shape index (κ1) is 17.8. The zero-order chi connectivity index (χ0) is 17.8. The summed E-state index contributed by atoms with van der Waals surface area (Å²) < 4.78 is 5.78. The molecule has 3 heterocycles. The van der Waals surface area contributed by atoms with Crippen molar-refractivity contribution in [1.82, 2.24) is 10.3 Å². The fraction of sp³-hybridized carbons (Fsp3) is 0.476.